The van der Waals surface area contributed by atoms with Crippen LogP contribution in [0.5, 0.6) is 0 Å². The second-order valence-electron chi connectivity index (χ2n) is 2.73. The molecule has 0 unspecified atom stereocenters. The fourth-order valence-electron chi connectivity index (χ4n) is 1.26. The molecule has 0 amide bonds. The number of hydrogen-bond acceptors (Lipinski definition) is 4. The first kappa shape index (κ1) is 11.1. The zero-order chi connectivity index (χ0) is 10.7. The quantitative estimate of drug-likeness (QED) is 0.711. The summed E-state index contributed by atoms with van der Waals surface area (Å²) in [6, 6.07) is 0. The summed E-state index contributed by atoms with van der Waals surface area (Å²) >= 11 is 1.38. The average Bonchev–Trinajstić information content (AvgIpc) is 2.45. The lowest BCUT2D eigenvalue weighted by molar-refractivity contribution is 0.0689. The van der Waals surface area contributed by atoms with Crippen LogP contribution in [0.25, 0.3) is 0 Å². The van der Waals surface area contributed by atoms with E-state index in [-0.39, 0.29) is 12.3 Å². The monoisotopic (exact) mass is 216 g/mol. The van der Waals surface area contributed by atoms with E-state index in [1.807, 2.05) is 6.26 Å². The number of aliphatic hydroxyl groups is 1. The van der Waals surface area contributed by atoms with Gasteiger partial charge >= 0.3 is 5.97 Å². The van der Waals surface area contributed by atoms with Crippen LogP contribution in [-0.2, 0) is 13.5 Å². The van der Waals surface area contributed by atoms with Crippen molar-refractivity contribution in [2.45, 2.75) is 11.6 Å². The van der Waals surface area contributed by atoms with Crippen molar-refractivity contribution in [2.24, 2.45) is 7.05 Å². The van der Waals surface area contributed by atoms with E-state index in [2.05, 4.69) is 4.98 Å². The molecule has 1 aromatic rings. The van der Waals surface area contributed by atoms with Gasteiger partial charge in [-0.2, -0.15) is 0 Å². The Balaban J connectivity index is 3.20. The zero-order valence-corrected chi connectivity index (χ0v) is 8.84. The Labute approximate surface area is 85.8 Å². The van der Waals surface area contributed by atoms with E-state index in [1.54, 1.807) is 11.6 Å². The summed E-state index contributed by atoms with van der Waals surface area (Å²) in [5, 5.41) is 18.3. The number of carboxylic acid groups (broad SMARTS) is 1. The molecule has 0 bridgehead atoms. The highest BCUT2D eigenvalue weighted by Crippen LogP contribution is 2.18. The van der Waals surface area contributed by atoms with Crippen LogP contribution >= 0.6 is 11.8 Å². The molecule has 1 heterocycles. The fourth-order valence-corrected chi connectivity index (χ4v) is 1.82. The number of carbonyl (C=O) groups is 1. The molecule has 0 aliphatic heterocycles. The SMILES string of the molecule is CSc1nc(C(=O)O)c(CCO)n1C. The van der Waals surface area contributed by atoms with Crippen LogP contribution in [0, 0.1) is 0 Å². The van der Waals surface area contributed by atoms with E-state index in [1.165, 1.54) is 11.8 Å². The minimum absolute atomic E-state index is 0.0332. The van der Waals surface area contributed by atoms with Gasteiger partial charge in [-0.1, -0.05) is 11.8 Å². The Hall–Kier alpha value is -1.01. The molecule has 78 valence electrons. The summed E-state index contributed by atoms with van der Waals surface area (Å²) < 4.78 is 1.70. The van der Waals surface area contributed by atoms with Crippen molar-refractivity contribution in [3.05, 3.63) is 11.4 Å². The summed E-state index contributed by atoms with van der Waals surface area (Å²) in [4.78, 5) is 14.8. The summed E-state index contributed by atoms with van der Waals surface area (Å²) in [5.74, 6) is -1.05. The molecule has 0 aliphatic carbocycles. The van der Waals surface area contributed by atoms with Gasteiger partial charge in [0, 0.05) is 20.1 Å². The second-order valence-corrected chi connectivity index (χ2v) is 3.50. The molecule has 0 radical (unpaired) electrons. The van der Waals surface area contributed by atoms with Crippen molar-refractivity contribution >= 4 is 17.7 Å². The van der Waals surface area contributed by atoms with Gasteiger partial charge in [0.25, 0.3) is 0 Å². The molecule has 6 heteroatoms. The molecular weight excluding hydrogens is 204 g/mol. The molecule has 0 saturated heterocycles. The second kappa shape index (κ2) is 4.47. The molecule has 0 aliphatic rings. The zero-order valence-electron chi connectivity index (χ0n) is 8.02. The predicted molar refractivity (Wildman–Crippen MR) is 52.7 cm³/mol. The first-order valence-electron chi connectivity index (χ1n) is 4.05. The third-order valence-electron chi connectivity index (χ3n) is 1.91. The number of imidazole rings is 1. The van der Waals surface area contributed by atoms with Gasteiger partial charge in [0.2, 0.25) is 0 Å². The van der Waals surface area contributed by atoms with Crippen LogP contribution < -0.4 is 0 Å². The predicted octanol–water partition coefficient (Wildman–Crippen LogP) is 0.375. The molecular formula is C8H12N2O3S. The first-order valence-corrected chi connectivity index (χ1v) is 5.28. The summed E-state index contributed by atoms with van der Waals surface area (Å²) in [5.41, 5.74) is 0.593. The fraction of sp³-hybridized carbons (Fsp3) is 0.500. The number of hydrogen-bond donors (Lipinski definition) is 2. The molecule has 0 saturated carbocycles. The van der Waals surface area contributed by atoms with E-state index in [0.29, 0.717) is 17.3 Å². The minimum Gasteiger partial charge on any atom is -0.476 e. The van der Waals surface area contributed by atoms with Crippen molar-refractivity contribution < 1.29 is 15.0 Å². The Morgan fingerprint density at radius 3 is 2.71 bits per heavy atom. The topological polar surface area (TPSA) is 75.3 Å². The standard InChI is InChI=1S/C8H12N2O3S/c1-10-5(3-4-11)6(7(12)13)9-8(10)14-2/h11H,3-4H2,1-2H3,(H,12,13). The van der Waals surface area contributed by atoms with Crippen LogP contribution in [-0.4, -0.2) is 38.6 Å². The largest absolute Gasteiger partial charge is 0.476 e. The van der Waals surface area contributed by atoms with Gasteiger partial charge in [-0.15, -0.1) is 0 Å². The number of thioether (sulfide) groups is 1. The van der Waals surface area contributed by atoms with E-state index in [4.69, 9.17) is 10.2 Å². The highest BCUT2D eigenvalue weighted by molar-refractivity contribution is 7.98. The van der Waals surface area contributed by atoms with E-state index in [0.717, 1.165) is 0 Å². The number of aliphatic hydroxyl groups excluding tert-OH is 1. The maximum atomic E-state index is 10.8. The highest BCUT2D eigenvalue weighted by Gasteiger charge is 2.18. The maximum absolute atomic E-state index is 10.8. The number of aromatic carboxylic acids is 1. The third kappa shape index (κ3) is 1.91. The molecule has 0 fully saturated rings. The first-order chi connectivity index (χ1) is 6.61. The Morgan fingerprint density at radius 2 is 2.29 bits per heavy atom. The van der Waals surface area contributed by atoms with Crippen molar-refractivity contribution in [1.29, 1.82) is 0 Å². The molecule has 0 atom stereocenters. The van der Waals surface area contributed by atoms with Gasteiger partial charge in [0.1, 0.15) is 0 Å². The lowest BCUT2D eigenvalue weighted by Crippen LogP contribution is -2.07. The molecule has 2 N–H and O–H groups in total. The van der Waals surface area contributed by atoms with E-state index in [9.17, 15) is 4.79 Å². The van der Waals surface area contributed by atoms with Gasteiger partial charge in [-0.3, -0.25) is 0 Å². The Bertz CT molecular complexity index is 349. The highest BCUT2D eigenvalue weighted by atomic mass is 32.2. The van der Waals surface area contributed by atoms with E-state index < -0.39 is 5.97 Å². The van der Waals surface area contributed by atoms with Crippen LogP contribution in [0.4, 0.5) is 0 Å². The third-order valence-corrected chi connectivity index (χ3v) is 2.64. The maximum Gasteiger partial charge on any atom is 0.356 e. The minimum atomic E-state index is -1.05. The van der Waals surface area contributed by atoms with E-state index >= 15 is 0 Å². The van der Waals surface area contributed by atoms with Crippen molar-refractivity contribution in [1.82, 2.24) is 9.55 Å². The number of aromatic nitrogens is 2. The van der Waals surface area contributed by atoms with Crippen molar-refractivity contribution in [3.63, 3.8) is 0 Å². The number of carboxylic acids is 1. The summed E-state index contributed by atoms with van der Waals surface area (Å²) in [6.07, 6.45) is 2.14. The van der Waals surface area contributed by atoms with Gasteiger partial charge in [-0.25, -0.2) is 9.78 Å². The van der Waals surface area contributed by atoms with Crippen molar-refractivity contribution in [2.75, 3.05) is 12.9 Å². The van der Waals surface area contributed by atoms with Crippen LogP contribution in [0.15, 0.2) is 5.16 Å². The number of rotatable bonds is 4. The average molecular weight is 216 g/mol. The number of nitrogens with zero attached hydrogens (tertiary/aromatic N) is 2. The summed E-state index contributed by atoms with van der Waals surface area (Å²) in [6.45, 7) is -0.0758. The van der Waals surface area contributed by atoms with Crippen LogP contribution in [0.2, 0.25) is 0 Å². The van der Waals surface area contributed by atoms with Crippen LogP contribution in [0.1, 0.15) is 16.2 Å². The Kier molecular flexibility index (Phi) is 3.54. The van der Waals surface area contributed by atoms with Gasteiger partial charge in [0.05, 0.1) is 5.69 Å². The van der Waals surface area contributed by atoms with Crippen molar-refractivity contribution in [3.8, 4) is 0 Å². The van der Waals surface area contributed by atoms with Crippen LogP contribution in [0.3, 0.4) is 0 Å². The van der Waals surface area contributed by atoms with Gasteiger partial charge < -0.3 is 14.8 Å². The van der Waals surface area contributed by atoms with Gasteiger partial charge in [-0.05, 0) is 6.26 Å². The molecule has 14 heavy (non-hydrogen) atoms. The smallest absolute Gasteiger partial charge is 0.356 e. The summed E-state index contributed by atoms with van der Waals surface area (Å²) in [7, 11) is 1.75. The molecule has 1 rings (SSSR count). The Morgan fingerprint density at radius 1 is 1.64 bits per heavy atom. The normalized spacial score (nSPS) is 10.5. The lowest BCUT2D eigenvalue weighted by Gasteiger charge is -2.02. The molecule has 0 spiro atoms. The molecule has 0 aromatic carbocycles. The molecule has 5 nitrogen and oxygen atoms in total. The van der Waals surface area contributed by atoms with Gasteiger partial charge in [0.15, 0.2) is 10.9 Å². The lowest BCUT2D eigenvalue weighted by atomic mass is 10.2. The molecule has 1 aromatic heterocycles.